The summed E-state index contributed by atoms with van der Waals surface area (Å²) in [5, 5.41) is 3.66. The molecule has 0 radical (unpaired) electrons. The average Bonchev–Trinajstić information content (AvgIpc) is 3.22. The van der Waals surface area contributed by atoms with E-state index in [1.807, 2.05) is 0 Å². The average molecular weight is 313 g/mol. The fourth-order valence-corrected chi connectivity index (χ4v) is 3.51. The number of likely N-dealkylation sites (tertiary alicyclic amines) is 1. The number of amides is 2. The van der Waals surface area contributed by atoms with E-state index in [9.17, 15) is 9.59 Å². The van der Waals surface area contributed by atoms with Gasteiger partial charge in [-0.05, 0) is 13.3 Å². The van der Waals surface area contributed by atoms with Crippen molar-refractivity contribution < 1.29 is 14.1 Å². The molecule has 2 aromatic rings. The Kier molecular flexibility index (Phi) is 3.10. The van der Waals surface area contributed by atoms with Gasteiger partial charge < -0.3 is 14.3 Å². The number of carbonyl (C=O) groups is 2. The molecule has 8 heteroatoms. The fraction of sp³-hybridized carbons (Fsp3) is 0.400. The van der Waals surface area contributed by atoms with E-state index < -0.39 is 0 Å². The SMILES string of the molecule is Cc1oncc1C(=O)N1CCC2C1CC(=O)N2c1cncnc1. The molecule has 2 fully saturated rings. The number of hydrogen-bond acceptors (Lipinski definition) is 6. The van der Waals surface area contributed by atoms with Crippen LogP contribution in [0.5, 0.6) is 0 Å². The molecular weight excluding hydrogens is 298 g/mol. The Morgan fingerprint density at radius 1 is 1.26 bits per heavy atom. The molecule has 0 bridgehead atoms. The highest BCUT2D eigenvalue weighted by Gasteiger charge is 2.49. The summed E-state index contributed by atoms with van der Waals surface area (Å²) in [6, 6.07) is -0.165. The summed E-state index contributed by atoms with van der Waals surface area (Å²) in [6.45, 7) is 2.32. The van der Waals surface area contributed by atoms with Gasteiger partial charge in [0.1, 0.15) is 17.7 Å². The summed E-state index contributed by atoms with van der Waals surface area (Å²) < 4.78 is 4.98. The zero-order valence-corrected chi connectivity index (χ0v) is 12.5. The number of carbonyl (C=O) groups excluding carboxylic acids is 2. The summed E-state index contributed by atoms with van der Waals surface area (Å²) in [5.41, 5.74) is 1.14. The third kappa shape index (κ3) is 2.09. The van der Waals surface area contributed by atoms with E-state index in [4.69, 9.17) is 4.52 Å². The molecule has 2 aliphatic rings. The molecule has 0 spiro atoms. The van der Waals surface area contributed by atoms with Crippen LogP contribution in [0, 0.1) is 6.92 Å². The van der Waals surface area contributed by atoms with E-state index in [0.29, 0.717) is 30.0 Å². The zero-order chi connectivity index (χ0) is 16.0. The molecule has 2 saturated heterocycles. The highest BCUT2D eigenvalue weighted by Crippen LogP contribution is 2.36. The van der Waals surface area contributed by atoms with Crippen molar-refractivity contribution >= 4 is 17.5 Å². The first-order chi connectivity index (χ1) is 11.2. The fourth-order valence-electron chi connectivity index (χ4n) is 3.51. The van der Waals surface area contributed by atoms with E-state index in [2.05, 4.69) is 15.1 Å². The Hall–Kier alpha value is -2.77. The quantitative estimate of drug-likeness (QED) is 0.814. The highest BCUT2D eigenvalue weighted by molar-refractivity contribution is 6.00. The second-order valence-electron chi connectivity index (χ2n) is 5.78. The van der Waals surface area contributed by atoms with Crippen molar-refractivity contribution in [3.8, 4) is 0 Å². The van der Waals surface area contributed by atoms with Gasteiger partial charge in [0, 0.05) is 13.0 Å². The Morgan fingerprint density at radius 3 is 2.74 bits per heavy atom. The number of nitrogens with zero attached hydrogens (tertiary/aromatic N) is 5. The molecule has 0 saturated carbocycles. The van der Waals surface area contributed by atoms with Gasteiger partial charge >= 0.3 is 0 Å². The van der Waals surface area contributed by atoms with Crippen LogP contribution >= 0.6 is 0 Å². The summed E-state index contributed by atoms with van der Waals surface area (Å²) in [5.74, 6) is 0.362. The monoisotopic (exact) mass is 313 g/mol. The van der Waals surface area contributed by atoms with Crippen LogP contribution in [-0.4, -0.2) is 50.5 Å². The van der Waals surface area contributed by atoms with Crippen LogP contribution in [0.1, 0.15) is 29.0 Å². The molecular formula is C15H15N5O3. The van der Waals surface area contributed by atoms with Crippen molar-refractivity contribution in [3.05, 3.63) is 36.2 Å². The van der Waals surface area contributed by atoms with Gasteiger partial charge in [-0.25, -0.2) is 9.97 Å². The van der Waals surface area contributed by atoms with Gasteiger partial charge in [0.25, 0.3) is 5.91 Å². The Labute approximate surface area is 132 Å². The molecule has 8 nitrogen and oxygen atoms in total. The molecule has 2 unspecified atom stereocenters. The lowest BCUT2D eigenvalue weighted by Gasteiger charge is -2.24. The molecule has 2 aromatic heterocycles. The van der Waals surface area contributed by atoms with E-state index in [1.54, 1.807) is 29.1 Å². The molecule has 23 heavy (non-hydrogen) atoms. The molecule has 4 rings (SSSR count). The molecule has 0 aromatic carbocycles. The minimum atomic E-state index is -0.135. The molecule has 2 atom stereocenters. The lowest BCUT2D eigenvalue weighted by atomic mass is 10.1. The third-order valence-electron chi connectivity index (χ3n) is 4.56. The van der Waals surface area contributed by atoms with Crippen LogP contribution in [-0.2, 0) is 4.79 Å². The Morgan fingerprint density at radius 2 is 2.04 bits per heavy atom. The van der Waals surface area contributed by atoms with Crippen LogP contribution in [0.25, 0.3) is 0 Å². The normalized spacial score (nSPS) is 23.4. The Bertz CT molecular complexity index is 759. The van der Waals surface area contributed by atoms with Crippen molar-refractivity contribution in [1.29, 1.82) is 0 Å². The predicted octanol–water partition coefficient (Wildman–Crippen LogP) is 0.793. The molecule has 118 valence electrons. The summed E-state index contributed by atoms with van der Waals surface area (Å²) in [6.07, 6.45) is 7.17. The van der Waals surface area contributed by atoms with Crippen LogP contribution in [0.2, 0.25) is 0 Å². The molecule has 4 heterocycles. The summed E-state index contributed by atoms with van der Waals surface area (Å²) >= 11 is 0. The van der Waals surface area contributed by atoms with Crippen LogP contribution in [0.15, 0.2) is 29.4 Å². The highest BCUT2D eigenvalue weighted by atomic mass is 16.5. The van der Waals surface area contributed by atoms with E-state index in [-0.39, 0.29) is 23.9 Å². The first kappa shape index (κ1) is 13.9. The number of rotatable bonds is 2. The summed E-state index contributed by atoms with van der Waals surface area (Å²) in [7, 11) is 0. The van der Waals surface area contributed by atoms with Gasteiger partial charge in [-0.3, -0.25) is 9.59 Å². The van der Waals surface area contributed by atoms with Crippen molar-refractivity contribution in [2.24, 2.45) is 0 Å². The number of aromatic nitrogens is 3. The van der Waals surface area contributed by atoms with Crippen molar-refractivity contribution in [3.63, 3.8) is 0 Å². The minimum Gasteiger partial charge on any atom is -0.361 e. The number of fused-ring (bicyclic) bond motifs is 1. The maximum absolute atomic E-state index is 12.7. The van der Waals surface area contributed by atoms with Gasteiger partial charge in [-0.1, -0.05) is 5.16 Å². The number of hydrogen-bond donors (Lipinski definition) is 0. The van der Waals surface area contributed by atoms with E-state index in [1.165, 1.54) is 12.5 Å². The van der Waals surface area contributed by atoms with E-state index in [0.717, 1.165) is 6.42 Å². The maximum Gasteiger partial charge on any atom is 0.259 e. The third-order valence-corrected chi connectivity index (χ3v) is 4.56. The lowest BCUT2D eigenvalue weighted by Crippen LogP contribution is -2.40. The van der Waals surface area contributed by atoms with Crippen molar-refractivity contribution in [2.75, 3.05) is 11.4 Å². The van der Waals surface area contributed by atoms with Crippen LogP contribution in [0.4, 0.5) is 5.69 Å². The first-order valence-corrected chi connectivity index (χ1v) is 7.46. The Balaban J connectivity index is 1.61. The molecule has 0 aliphatic carbocycles. The second kappa shape index (κ2) is 5.15. The van der Waals surface area contributed by atoms with Gasteiger partial charge in [0.05, 0.1) is 36.4 Å². The van der Waals surface area contributed by atoms with Gasteiger partial charge in [-0.2, -0.15) is 0 Å². The molecule has 2 aliphatic heterocycles. The summed E-state index contributed by atoms with van der Waals surface area (Å²) in [4.78, 5) is 36.5. The van der Waals surface area contributed by atoms with E-state index >= 15 is 0 Å². The van der Waals surface area contributed by atoms with Gasteiger partial charge in [-0.15, -0.1) is 0 Å². The molecule has 2 amide bonds. The smallest absolute Gasteiger partial charge is 0.259 e. The molecule has 0 N–H and O–H groups in total. The van der Waals surface area contributed by atoms with Crippen molar-refractivity contribution in [1.82, 2.24) is 20.0 Å². The minimum absolute atomic E-state index is 0.00524. The second-order valence-corrected chi connectivity index (χ2v) is 5.78. The van der Waals surface area contributed by atoms with Crippen LogP contribution < -0.4 is 4.90 Å². The van der Waals surface area contributed by atoms with Crippen LogP contribution in [0.3, 0.4) is 0 Å². The van der Waals surface area contributed by atoms with Gasteiger partial charge in [0.2, 0.25) is 5.91 Å². The lowest BCUT2D eigenvalue weighted by molar-refractivity contribution is -0.117. The van der Waals surface area contributed by atoms with Crippen molar-refractivity contribution in [2.45, 2.75) is 31.8 Å². The first-order valence-electron chi connectivity index (χ1n) is 7.46. The number of anilines is 1. The maximum atomic E-state index is 12.7. The topological polar surface area (TPSA) is 92.4 Å². The zero-order valence-electron chi connectivity index (χ0n) is 12.5. The number of aryl methyl sites for hydroxylation is 1. The largest absolute Gasteiger partial charge is 0.361 e. The van der Waals surface area contributed by atoms with Gasteiger partial charge in [0.15, 0.2) is 0 Å². The predicted molar refractivity (Wildman–Crippen MR) is 78.6 cm³/mol. The standard InChI is InChI=1S/C15H15N5O3/c1-9-11(7-18-23-9)15(22)19-3-2-12-13(19)4-14(21)20(12)10-5-16-8-17-6-10/h5-8,12-13H,2-4H2,1H3.